The predicted molar refractivity (Wildman–Crippen MR) is 104 cm³/mol. The second-order valence-electron chi connectivity index (χ2n) is 8.73. The van der Waals surface area contributed by atoms with Crippen molar-refractivity contribution in [3.63, 3.8) is 0 Å². The molecule has 1 aromatic carbocycles. The van der Waals surface area contributed by atoms with Gasteiger partial charge in [-0.25, -0.2) is 0 Å². The average Bonchev–Trinajstić information content (AvgIpc) is 3.46. The van der Waals surface area contributed by atoms with Crippen LogP contribution in [0.4, 0.5) is 0 Å². The Kier molecular flexibility index (Phi) is 3.88. The van der Waals surface area contributed by atoms with Gasteiger partial charge in [-0.2, -0.15) is 0 Å². The van der Waals surface area contributed by atoms with Crippen molar-refractivity contribution in [1.82, 2.24) is 15.0 Å². The van der Waals surface area contributed by atoms with E-state index in [1.165, 1.54) is 18.4 Å². The number of likely N-dealkylation sites (tertiary alicyclic amines) is 1. The highest BCUT2D eigenvalue weighted by Crippen LogP contribution is 2.48. The summed E-state index contributed by atoms with van der Waals surface area (Å²) in [7, 11) is 0. The Morgan fingerprint density at radius 2 is 1.97 bits per heavy atom. The molecule has 2 aromatic rings. The van der Waals surface area contributed by atoms with Crippen molar-refractivity contribution in [3.05, 3.63) is 41.3 Å². The van der Waals surface area contributed by atoms with Crippen LogP contribution in [0.5, 0.6) is 11.5 Å². The second kappa shape index (κ2) is 6.49. The molecule has 0 aliphatic carbocycles. The summed E-state index contributed by atoms with van der Waals surface area (Å²) < 4.78 is 16.4. The lowest BCUT2D eigenvalue weighted by Gasteiger charge is -2.51. The van der Waals surface area contributed by atoms with Crippen LogP contribution in [0.15, 0.2) is 28.8 Å². The van der Waals surface area contributed by atoms with Crippen molar-refractivity contribution in [1.29, 1.82) is 0 Å². The summed E-state index contributed by atoms with van der Waals surface area (Å²) in [6.07, 6.45) is 2.64. The second-order valence-corrected chi connectivity index (χ2v) is 8.73. The summed E-state index contributed by atoms with van der Waals surface area (Å²) in [4.78, 5) is 18.0. The van der Waals surface area contributed by atoms with Gasteiger partial charge in [0.2, 0.25) is 12.7 Å². The average molecular weight is 395 g/mol. The van der Waals surface area contributed by atoms with Crippen molar-refractivity contribution in [2.24, 2.45) is 5.92 Å². The Balaban J connectivity index is 1.32. The zero-order chi connectivity index (χ0) is 19.5. The summed E-state index contributed by atoms with van der Waals surface area (Å²) in [6.45, 7) is 5.18. The van der Waals surface area contributed by atoms with Crippen molar-refractivity contribution >= 4 is 5.91 Å². The van der Waals surface area contributed by atoms with E-state index in [9.17, 15) is 4.79 Å². The fraction of sp³-hybridized carbons (Fsp3) is 0.545. The summed E-state index contributed by atoms with van der Waals surface area (Å²) >= 11 is 0. The first-order valence-electron chi connectivity index (χ1n) is 10.5. The standard InChI is InChI=1S/C22H25N3O4/c1-13-8-16(29-23-13)10-20(26)25-11-17(15-2-3-18-19(9-15)28-12-27-18)22-21(25)14-4-6-24(22)7-5-14/h2-3,8-9,14,17,21-22H,4-7,10-12H2,1H3/t17-,21+,22+/m0/s1. The third-order valence-corrected chi connectivity index (χ3v) is 7.14. The maximum atomic E-state index is 13.3. The molecular weight excluding hydrogens is 370 g/mol. The van der Waals surface area contributed by atoms with Gasteiger partial charge in [-0.05, 0) is 56.5 Å². The van der Waals surface area contributed by atoms with Crippen LogP contribution < -0.4 is 9.47 Å². The molecule has 4 saturated heterocycles. The number of aromatic nitrogens is 1. The largest absolute Gasteiger partial charge is 0.454 e. The van der Waals surface area contributed by atoms with Gasteiger partial charge >= 0.3 is 0 Å². The first-order valence-corrected chi connectivity index (χ1v) is 10.5. The van der Waals surface area contributed by atoms with Crippen LogP contribution >= 0.6 is 0 Å². The molecule has 7 nitrogen and oxygen atoms in total. The molecule has 7 rings (SSSR count). The first kappa shape index (κ1) is 17.3. The van der Waals surface area contributed by atoms with E-state index >= 15 is 0 Å². The molecule has 5 aliphatic rings. The lowest BCUT2D eigenvalue weighted by atomic mass is 9.75. The van der Waals surface area contributed by atoms with Gasteiger partial charge in [0.25, 0.3) is 0 Å². The highest BCUT2D eigenvalue weighted by atomic mass is 16.7. The molecule has 4 fully saturated rings. The highest BCUT2D eigenvalue weighted by molar-refractivity contribution is 5.79. The van der Waals surface area contributed by atoms with Gasteiger partial charge in [0.15, 0.2) is 11.5 Å². The topological polar surface area (TPSA) is 68.0 Å². The number of amides is 1. The van der Waals surface area contributed by atoms with Gasteiger partial charge in [0.1, 0.15) is 5.76 Å². The summed E-state index contributed by atoms with van der Waals surface area (Å²) in [5.41, 5.74) is 2.05. The number of hydrogen-bond acceptors (Lipinski definition) is 6. The molecular formula is C22H25N3O4. The molecule has 29 heavy (non-hydrogen) atoms. The molecule has 0 N–H and O–H groups in total. The number of rotatable bonds is 3. The Hall–Kier alpha value is -2.54. The van der Waals surface area contributed by atoms with Gasteiger partial charge in [0.05, 0.1) is 18.2 Å². The Morgan fingerprint density at radius 3 is 2.76 bits per heavy atom. The molecule has 7 heteroatoms. The summed E-state index contributed by atoms with van der Waals surface area (Å²) in [5.74, 6) is 3.30. The monoisotopic (exact) mass is 395 g/mol. The lowest BCUT2D eigenvalue weighted by molar-refractivity contribution is -0.135. The van der Waals surface area contributed by atoms with Crippen LogP contribution in [0, 0.1) is 12.8 Å². The minimum atomic E-state index is 0.146. The van der Waals surface area contributed by atoms with Gasteiger partial charge in [-0.15, -0.1) is 0 Å². The third-order valence-electron chi connectivity index (χ3n) is 7.14. The number of hydrogen-bond donors (Lipinski definition) is 0. The van der Waals surface area contributed by atoms with E-state index in [1.807, 2.05) is 19.1 Å². The van der Waals surface area contributed by atoms with E-state index in [0.717, 1.165) is 36.8 Å². The van der Waals surface area contributed by atoms with Gasteiger partial charge < -0.3 is 18.9 Å². The van der Waals surface area contributed by atoms with Crippen LogP contribution in [0.2, 0.25) is 0 Å². The van der Waals surface area contributed by atoms with Gasteiger partial charge in [-0.1, -0.05) is 11.2 Å². The van der Waals surface area contributed by atoms with E-state index in [1.54, 1.807) is 0 Å². The van der Waals surface area contributed by atoms with Gasteiger partial charge in [0, 0.05) is 24.6 Å². The predicted octanol–water partition coefficient (Wildman–Crippen LogP) is 2.34. The molecule has 2 bridgehead atoms. The number of carbonyl (C=O) groups excluding carboxylic acids is 1. The fourth-order valence-electron chi connectivity index (χ4n) is 5.89. The fourth-order valence-corrected chi connectivity index (χ4v) is 5.89. The number of benzene rings is 1. The minimum Gasteiger partial charge on any atom is -0.454 e. The normalized spacial score (nSPS) is 31.9. The number of ether oxygens (including phenoxy) is 2. The van der Waals surface area contributed by atoms with Crippen molar-refractivity contribution in [3.8, 4) is 11.5 Å². The molecule has 5 aliphatic heterocycles. The van der Waals surface area contributed by atoms with E-state index in [4.69, 9.17) is 14.0 Å². The smallest absolute Gasteiger partial charge is 0.231 e. The molecule has 0 spiro atoms. The number of nitrogens with zero attached hydrogens (tertiary/aromatic N) is 3. The SMILES string of the molecule is Cc1cc(CC(=O)N2C[C@@H](c3ccc4c(c3)OCO4)[C@@H]3[C@H]2C2CCN3CC2)on1. The summed E-state index contributed by atoms with van der Waals surface area (Å²) in [5, 5.41) is 3.93. The maximum Gasteiger partial charge on any atom is 0.231 e. The van der Waals surface area contributed by atoms with Crippen LogP contribution in [0.3, 0.4) is 0 Å². The lowest BCUT2D eigenvalue weighted by Crippen LogP contribution is -2.60. The number of piperidine rings is 3. The van der Waals surface area contributed by atoms with Crippen molar-refractivity contribution in [2.75, 3.05) is 26.4 Å². The highest BCUT2D eigenvalue weighted by Gasteiger charge is 2.54. The first-order chi connectivity index (χ1) is 14.2. The van der Waals surface area contributed by atoms with Gasteiger partial charge in [-0.3, -0.25) is 9.69 Å². The van der Waals surface area contributed by atoms with Crippen LogP contribution in [0.25, 0.3) is 0 Å². The molecule has 0 radical (unpaired) electrons. The Labute approximate surface area is 169 Å². The molecule has 0 unspecified atom stereocenters. The molecule has 152 valence electrons. The third kappa shape index (κ3) is 2.74. The van der Waals surface area contributed by atoms with Crippen LogP contribution in [0.1, 0.15) is 35.8 Å². The minimum absolute atomic E-state index is 0.146. The van der Waals surface area contributed by atoms with E-state index in [0.29, 0.717) is 17.7 Å². The molecule has 6 heterocycles. The van der Waals surface area contributed by atoms with Crippen molar-refractivity contribution < 1.29 is 18.8 Å². The molecule has 3 atom stereocenters. The van der Waals surface area contributed by atoms with Crippen molar-refractivity contribution in [2.45, 2.75) is 44.2 Å². The molecule has 1 aromatic heterocycles. The zero-order valence-electron chi connectivity index (χ0n) is 16.5. The number of aryl methyl sites for hydroxylation is 1. The van der Waals surface area contributed by atoms with Crippen LogP contribution in [-0.4, -0.2) is 59.4 Å². The summed E-state index contributed by atoms with van der Waals surface area (Å²) in [6, 6.07) is 8.78. The van der Waals surface area contributed by atoms with E-state index in [2.05, 4.69) is 27.1 Å². The maximum absolute atomic E-state index is 13.3. The Bertz CT molecular complexity index is 949. The van der Waals surface area contributed by atoms with E-state index < -0.39 is 0 Å². The van der Waals surface area contributed by atoms with E-state index in [-0.39, 0.29) is 31.1 Å². The number of fused-ring (bicyclic) bond motifs is 3. The molecule has 0 saturated carbocycles. The molecule has 1 amide bonds. The zero-order valence-corrected chi connectivity index (χ0v) is 16.5. The van der Waals surface area contributed by atoms with Crippen LogP contribution in [-0.2, 0) is 11.2 Å². The Morgan fingerprint density at radius 1 is 1.14 bits per heavy atom. The quantitative estimate of drug-likeness (QED) is 0.795. The number of carbonyl (C=O) groups is 1.